The second kappa shape index (κ2) is 4.67. The van der Waals surface area contributed by atoms with Gasteiger partial charge in [-0.15, -0.1) is 0 Å². The third kappa shape index (κ3) is 2.72. The normalized spacial score (nSPS) is 19.3. The summed E-state index contributed by atoms with van der Waals surface area (Å²) < 4.78 is 0. The van der Waals surface area contributed by atoms with Crippen molar-refractivity contribution in [2.45, 2.75) is 19.3 Å². The van der Waals surface area contributed by atoms with Gasteiger partial charge < -0.3 is 10.6 Å². The Labute approximate surface area is 92.1 Å². The summed E-state index contributed by atoms with van der Waals surface area (Å²) in [6.45, 7) is 2.47. The predicted octanol–water partition coefficient (Wildman–Crippen LogP) is 2.15. The van der Waals surface area contributed by atoms with Gasteiger partial charge in [0.1, 0.15) is 0 Å². The molecule has 1 aromatic rings. The number of nitrogens with two attached hydrogens (primary N) is 1. The molecule has 0 amide bonds. The van der Waals surface area contributed by atoms with Crippen molar-refractivity contribution in [3.63, 3.8) is 0 Å². The van der Waals surface area contributed by atoms with Gasteiger partial charge in [-0.2, -0.15) is 0 Å². The van der Waals surface area contributed by atoms with E-state index in [1.807, 2.05) is 12.1 Å². The lowest BCUT2D eigenvalue weighted by Crippen LogP contribution is -2.31. The molecular formula is C13H20N2. The third-order valence-electron chi connectivity index (χ3n) is 3.40. The monoisotopic (exact) mass is 204 g/mol. The van der Waals surface area contributed by atoms with Gasteiger partial charge >= 0.3 is 0 Å². The number of piperidine rings is 1. The summed E-state index contributed by atoms with van der Waals surface area (Å²) >= 11 is 0. The van der Waals surface area contributed by atoms with Crippen molar-refractivity contribution in [3.05, 3.63) is 29.8 Å². The summed E-state index contributed by atoms with van der Waals surface area (Å²) in [6.07, 6.45) is 3.77. The lowest BCUT2D eigenvalue weighted by molar-refractivity contribution is 0.219. The van der Waals surface area contributed by atoms with Crippen LogP contribution in [0.2, 0.25) is 0 Å². The van der Waals surface area contributed by atoms with E-state index in [0.29, 0.717) is 0 Å². The Bertz CT molecular complexity index is 314. The van der Waals surface area contributed by atoms with Crippen LogP contribution in [-0.4, -0.2) is 25.0 Å². The summed E-state index contributed by atoms with van der Waals surface area (Å²) in [6, 6.07) is 8.26. The second-order valence-corrected chi connectivity index (χ2v) is 4.65. The second-order valence-electron chi connectivity index (χ2n) is 4.65. The van der Waals surface area contributed by atoms with Crippen LogP contribution in [-0.2, 0) is 6.42 Å². The molecule has 0 saturated carbocycles. The maximum absolute atomic E-state index is 5.95. The van der Waals surface area contributed by atoms with Crippen molar-refractivity contribution >= 4 is 5.69 Å². The molecule has 0 spiro atoms. The zero-order valence-corrected chi connectivity index (χ0v) is 9.45. The quantitative estimate of drug-likeness (QED) is 0.748. The van der Waals surface area contributed by atoms with Crippen LogP contribution in [0.4, 0.5) is 5.69 Å². The molecule has 1 aliphatic heterocycles. The Balaban J connectivity index is 1.95. The van der Waals surface area contributed by atoms with Gasteiger partial charge in [-0.05, 0) is 56.9 Å². The fraction of sp³-hybridized carbons (Fsp3) is 0.538. The number of rotatable bonds is 2. The predicted molar refractivity (Wildman–Crippen MR) is 64.8 cm³/mol. The lowest BCUT2D eigenvalue weighted by Gasteiger charge is -2.29. The molecule has 2 heteroatoms. The number of nitrogens with zero attached hydrogens (tertiary/aromatic N) is 1. The van der Waals surface area contributed by atoms with Crippen LogP contribution in [0.15, 0.2) is 24.3 Å². The Kier molecular flexibility index (Phi) is 3.27. The van der Waals surface area contributed by atoms with E-state index in [4.69, 9.17) is 5.73 Å². The van der Waals surface area contributed by atoms with Crippen molar-refractivity contribution < 1.29 is 0 Å². The highest BCUT2D eigenvalue weighted by Gasteiger charge is 2.17. The zero-order chi connectivity index (χ0) is 10.7. The van der Waals surface area contributed by atoms with Gasteiger partial charge in [0.25, 0.3) is 0 Å². The minimum atomic E-state index is 0.825. The Morgan fingerprint density at radius 2 is 1.93 bits per heavy atom. The number of hydrogen-bond acceptors (Lipinski definition) is 2. The number of benzene rings is 1. The van der Waals surface area contributed by atoms with Gasteiger partial charge in [0.05, 0.1) is 0 Å². The standard InChI is InChI=1S/C13H20N2/c1-15-8-6-11(7-9-15)10-12-4-2-3-5-13(12)14/h2-5,11H,6-10,14H2,1H3. The number of likely N-dealkylation sites (tertiary alicyclic amines) is 1. The molecule has 1 saturated heterocycles. The van der Waals surface area contributed by atoms with Crippen LogP contribution < -0.4 is 5.73 Å². The minimum Gasteiger partial charge on any atom is -0.399 e. The molecule has 0 aliphatic carbocycles. The van der Waals surface area contributed by atoms with E-state index in [9.17, 15) is 0 Å². The number of para-hydroxylation sites is 1. The SMILES string of the molecule is CN1CCC(Cc2ccccc2N)CC1. The summed E-state index contributed by atoms with van der Waals surface area (Å²) in [7, 11) is 2.20. The molecule has 2 N–H and O–H groups in total. The van der Waals surface area contributed by atoms with Gasteiger partial charge in [0.2, 0.25) is 0 Å². The summed E-state index contributed by atoms with van der Waals surface area (Å²) in [4.78, 5) is 2.41. The summed E-state index contributed by atoms with van der Waals surface area (Å²) in [5.74, 6) is 0.825. The Hall–Kier alpha value is -1.02. The molecule has 0 unspecified atom stereocenters. The molecule has 82 valence electrons. The molecule has 1 aromatic carbocycles. The van der Waals surface area contributed by atoms with E-state index in [1.165, 1.54) is 31.5 Å². The van der Waals surface area contributed by atoms with Crippen molar-refractivity contribution in [2.75, 3.05) is 25.9 Å². The highest BCUT2D eigenvalue weighted by molar-refractivity contribution is 5.46. The van der Waals surface area contributed by atoms with Crippen LogP contribution in [0.5, 0.6) is 0 Å². The van der Waals surface area contributed by atoms with E-state index < -0.39 is 0 Å². The van der Waals surface area contributed by atoms with Crippen molar-refractivity contribution in [1.29, 1.82) is 0 Å². The summed E-state index contributed by atoms with van der Waals surface area (Å²) in [5, 5.41) is 0. The average Bonchev–Trinajstić information content (AvgIpc) is 2.25. The molecule has 15 heavy (non-hydrogen) atoms. The lowest BCUT2D eigenvalue weighted by atomic mass is 9.90. The van der Waals surface area contributed by atoms with Gasteiger partial charge in [-0.3, -0.25) is 0 Å². The van der Waals surface area contributed by atoms with Crippen LogP contribution >= 0.6 is 0 Å². The zero-order valence-electron chi connectivity index (χ0n) is 9.45. The maximum Gasteiger partial charge on any atom is 0.0346 e. The first-order valence-corrected chi connectivity index (χ1v) is 5.77. The highest BCUT2D eigenvalue weighted by atomic mass is 15.1. The van der Waals surface area contributed by atoms with Crippen molar-refractivity contribution in [1.82, 2.24) is 4.90 Å². The molecule has 1 aliphatic rings. The first-order chi connectivity index (χ1) is 7.25. The topological polar surface area (TPSA) is 29.3 Å². The smallest absolute Gasteiger partial charge is 0.0346 e. The first kappa shape index (κ1) is 10.5. The largest absolute Gasteiger partial charge is 0.399 e. The molecule has 2 rings (SSSR count). The first-order valence-electron chi connectivity index (χ1n) is 5.77. The van der Waals surface area contributed by atoms with E-state index in [1.54, 1.807) is 0 Å². The Morgan fingerprint density at radius 1 is 1.27 bits per heavy atom. The molecular weight excluding hydrogens is 184 g/mol. The minimum absolute atomic E-state index is 0.825. The van der Waals surface area contributed by atoms with E-state index >= 15 is 0 Å². The Morgan fingerprint density at radius 3 is 2.60 bits per heavy atom. The van der Waals surface area contributed by atoms with Gasteiger partial charge in [0.15, 0.2) is 0 Å². The number of anilines is 1. The molecule has 2 nitrogen and oxygen atoms in total. The van der Waals surface area contributed by atoms with Gasteiger partial charge in [-0.1, -0.05) is 18.2 Å². The molecule has 0 radical (unpaired) electrons. The van der Waals surface area contributed by atoms with Crippen LogP contribution in [0.1, 0.15) is 18.4 Å². The van der Waals surface area contributed by atoms with Gasteiger partial charge in [-0.25, -0.2) is 0 Å². The van der Waals surface area contributed by atoms with E-state index in [-0.39, 0.29) is 0 Å². The van der Waals surface area contributed by atoms with Crippen LogP contribution in [0.3, 0.4) is 0 Å². The van der Waals surface area contributed by atoms with E-state index in [0.717, 1.165) is 18.0 Å². The fourth-order valence-corrected chi connectivity index (χ4v) is 2.30. The van der Waals surface area contributed by atoms with Crippen molar-refractivity contribution in [2.24, 2.45) is 5.92 Å². The maximum atomic E-state index is 5.95. The van der Waals surface area contributed by atoms with E-state index in [2.05, 4.69) is 24.1 Å². The molecule has 0 bridgehead atoms. The summed E-state index contributed by atoms with van der Waals surface area (Å²) in [5.41, 5.74) is 8.24. The number of hydrogen-bond donors (Lipinski definition) is 1. The fourth-order valence-electron chi connectivity index (χ4n) is 2.30. The third-order valence-corrected chi connectivity index (χ3v) is 3.40. The van der Waals surface area contributed by atoms with Gasteiger partial charge in [0, 0.05) is 5.69 Å². The number of nitrogen functional groups attached to an aromatic ring is 1. The average molecular weight is 204 g/mol. The van der Waals surface area contributed by atoms with Crippen LogP contribution in [0.25, 0.3) is 0 Å². The van der Waals surface area contributed by atoms with Crippen molar-refractivity contribution in [3.8, 4) is 0 Å². The van der Waals surface area contributed by atoms with Crippen LogP contribution in [0, 0.1) is 5.92 Å². The molecule has 1 fully saturated rings. The molecule has 0 atom stereocenters. The molecule has 0 aromatic heterocycles. The molecule has 1 heterocycles. The highest BCUT2D eigenvalue weighted by Crippen LogP contribution is 2.23.